The molecule has 11 heteroatoms. The average molecular weight is 580 g/mol. The molecule has 1 aliphatic rings. The van der Waals surface area contributed by atoms with Crippen molar-refractivity contribution in [3.05, 3.63) is 94.7 Å². The zero-order chi connectivity index (χ0) is 29.8. The third kappa shape index (κ3) is 6.40. The van der Waals surface area contributed by atoms with Gasteiger partial charge in [-0.15, -0.1) is 0 Å². The first kappa shape index (κ1) is 29.7. The van der Waals surface area contributed by atoms with E-state index in [-0.39, 0.29) is 15.8 Å². The van der Waals surface area contributed by atoms with E-state index in [0.29, 0.717) is 45.6 Å². The van der Waals surface area contributed by atoms with Crippen molar-refractivity contribution in [1.29, 1.82) is 0 Å². The summed E-state index contributed by atoms with van der Waals surface area (Å²) in [6, 6.07) is 10.6. The molecule has 0 aliphatic carbocycles. The molecule has 0 bridgehead atoms. The lowest BCUT2D eigenvalue weighted by Crippen LogP contribution is -2.40. The predicted molar refractivity (Wildman–Crippen MR) is 156 cm³/mol. The van der Waals surface area contributed by atoms with Crippen LogP contribution in [0.2, 0.25) is 0 Å². The van der Waals surface area contributed by atoms with E-state index in [1.54, 1.807) is 57.2 Å². The highest BCUT2D eigenvalue weighted by atomic mass is 32.1. The normalized spacial score (nSPS) is 15.1. The summed E-state index contributed by atoms with van der Waals surface area (Å²) >= 11 is 1.10. The number of aromatic nitrogens is 1. The van der Waals surface area contributed by atoms with Gasteiger partial charge in [-0.2, -0.15) is 0 Å². The van der Waals surface area contributed by atoms with Crippen molar-refractivity contribution >= 4 is 29.1 Å². The fourth-order valence-electron chi connectivity index (χ4n) is 4.47. The van der Waals surface area contributed by atoms with Gasteiger partial charge in [-0.25, -0.2) is 9.79 Å². The summed E-state index contributed by atoms with van der Waals surface area (Å²) in [5, 5.41) is 11.6. The summed E-state index contributed by atoms with van der Waals surface area (Å²) in [7, 11) is 1.53. The topological polar surface area (TPSA) is 122 Å². The van der Waals surface area contributed by atoms with E-state index < -0.39 is 28.6 Å². The van der Waals surface area contributed by atoms with Crippen molar-refractivity contribution < 1.29 is 23.9 Å². The van der Waals surface area contributed by atoms with E-state index in [9.17, 15) is 19.7 Å². The van der Waals surface area contributed by atoms with Crippen LogP contribution in [-0.2, 0) is 9.53 Å². The van der Waals surface area contributed by atoms with Crippen molar-refractivity contribution in [2.45, 2.75) is 53.2 Å². The molecule has 2 aromatic carbocycles. The van der Waals surface area contributed by atoms with Gasteiger partial charge in [-0.05, 0) is 62.9 Å². The molecule has 0 N–H and O–H groups in total. The molecule has 0 amide bonds. The molecule has 1 unspecified atom stereocenters. The second-order valence-electron chi connectivity index (χ2n) is 10.3. The number of benzene rings is 2. The van der Waals surface area contributed by atoms with Crippen LogP contribution < -0.4 is 24.4 Å². The summed E-state index contributed by atoms with van der Waals surface area (Å²) in [6.45, 7) is 9.93. The number of hydrogen-bond donors (Lipinski definition) is 0. The molecule has 0 saturated carbocycles. The maximum absolute atomic E-state index is 13.9. The monoisotopic (exact) mass is 579 g/mol. The molecule has 0 saturated heterocycles. The number of fused-ring (bicyclic) bond motifs is 1. The van der Waals surface area contributed by atoms with Crippen LogP contribution >= 0.6 is 11.3 Å². The standard InChI is InChI=1S/C30H33N3O7S/c1-17(2)13-14-39-23-12-11-21(15-24(23)38-6)27-26(29(35)40-18(3)4)19(5)31-30-32(27)28(34)25(41-30)16-20-9-7-8-10-22(20)33(36)37/h7-12,15-18,27H,13-14H2,1-6H3/b25-16-. The Labute approximate surface area is 241 Å². The first-order valence-electron chi connectivity index (χ1n) is 13.3. The van der Waals surface area contributed by atoms with Crippen LogP contribution in [0.3, 0.4) is 0 Å². The van der Waals surface area contributed by atoms with E-state index >= 15 is 0 Å². The first-order valence-corrected chi connectivity index (χ1v) is 14.1. The number of rotatable bonds is 10. The first-order chi connectivity index (χ1) is 19.5. The number of thiazole rings is 1. The number of nitro benzene ring substituents is 1. The van der Waals surface area contributed by atoms with Crippen LogP contribution in [0.15, 0.2) is 63.5 Å². The predicted octanol–water partition coefficient (Wildman–Crippen LogP) is 4.53. The summed E-state index contributed by atoms with van der Waals surface area (Å²) < 4.78 is 18.8. The number of para-hydroxylation sites is 1. The zero-order valence-electron chi connectivity index (χ0n) is 23.9. The number of ether oxygens (including phenoxy) is 3. The van der Waals surface area contributed by atoms with Crippen molar-refractivity contribution in [3.63, 3.8) is 0 Å². The van der Waals surface area contributed by atoms with E-state index in [4.69, 9.17) is 14.2 Å². The second kappa shape index (κ2) is 12.5. The van der Waals surface area contributed by atoms with Gasteiger partial charge in [0.15, 0.2) is 16.3 Å². The molecule has 2 heterocycles. The molecule has 1 aliphatic heterocycles. The Balaban J connectivity index is 1.90. The maximum atomic E-state index is 13.9. The molecule has 3 aromatic rings. The quantitative estimate of drug-likeness (QED) is 0.197. The Morgan fingerprint density at radius 3 is 2.56 bits per heavy atom. The van der Waals surface area contributed by atoms with Gasteiger partial charge >= 0.3 is 5.97 Å². The third-order valence-electron chi connectivity index (χ3n) is 6.46. The lowest BCUT2D eigenvalue weighted by molar-refractivity contribution is -0.385. The number of hydrogen-bond acceptors (Lipinski definition) is 9. The Bertz CT molecular complexity index is 1680. The minimum absolute atomic E-state index is 0.120. The van der Waals surface area contributed by atoms with Crippen LogP contribution in [-0.4, -0.2) is 35.3 Å². The molecule has 1 aromatic heterocycles. The summed E-state index contributed by atoms with van der Waals surface area (Å²) in [5.74, 6) is 0.892. The van der Waals surface area contributed by atoms with Crippen LogP contribution in [0.5, 0.6) is 11.5 Å². The SMILES string of the molecule is COc1cc(C2C(C(=O)OC(C)C)=C(C)N=c3s/c(=C\c4ccccc4[N+](=O)[O-])c(=O)n32)ccc1OCCC(C)C. The average Bonchev–Trinajstić information content (AvgIpc) is 3.21. The number of esters is 1. The largest absolute Gasteiger partial charge is 0.493 e. The van der Waals surface area contributed by atoms with Gasteiger partial charge in [0.1, 0.15) is 0 Å². The van der Waals surface area contributed by atoms with Gasteiger partial charge in [0.25, 0.3) is 11.2 Å². The van der Waals surface area contributed by atoms with E-state index in [1.807, 2.05) is 0 Å². The molecule has 0 spiro atoms. The molecule has 0 fully saturated rings. The number of allylic oxidation sites excluding steroid dienone is 1. The minimum Gasteiger partial charge on any atom is -0.493 e. The Morgan fingerprint density at radius 1 is 1.17 bits per heavy atom. The molecular formula is C30H33N3O7S. The second-order valence-corrected chi connectivity index (χ2v) is 11.3. The molecule has 216 valence electrons. The minimum atomic E-state index is -0.871. The fourth-order valence-corrected chi connectivity index (χ4v) is 5.51. The molecule has 10 nitrogen and oxygen atoms in total. The Kier molecular flexibility index (Phi) is 9.07. The van der Waals surface area contributed by atoms with Crippen molar-refractivity contribution in [3.8, 4) is 11.5 Å². The summed E-state index contributed by atoms with van der Waals surface area (Å²) in [5.41, 5.74) is 0.968. The summed E-state index contributed by atoms with van der Waals surface area (Å²) in [4.78, 5) is 43.3. The van der Waals surface area contributed by atoms with Gasteiger partial charge in [0.2, 0.25) is 0 Å². The van der Waals surface area contributed by atoms with Crippen molar-refractivity contribution in [1.82, 2.24) is 4.57 Å². The third-order valence-corrected chi connectivity index (χ3v) is 7.44. The number of carbonyl (C=O) groups is 1. The van der Waals surface area contributed by atoms with E-state index in [0.717, 1.165) is 17.8 Å². The van der Waals surface area contributed by atoms with Gasteiger partial charge in [0.05, 0.1) is 52.2 Å². The van der Waals surface area contributed by atoms with Crippen molar-refractivity contribution in [2.24, 2.45) is 10.9 Å². The van der Waals surface area contributed by atoms with Gasteiger partial charge in [-0.3, -0.25) is 19.5 Å². The van der Waals surface area contributed by atoms with Crippen LogP contribution in [0, 0.1) is 16.0 Å². The molecule has 1 atom stereocenters. The maximum Gasteiger partial charge on any atom is 0.338 e. The van der Waals surface area contributed by atoms with Gasteiger partial charge in [0, 0.05) is 6.07 Å². The number of nitrogens with zero attached hydrogens (tertiary/aromatic N) is 3. The van der Waals surface area contributed by atoms with Crippen LogP contribution in [0.1, 0.15) is 58.2 Å². The van der Waals surface area contributed by atoms with Crippen molar-refractivity contribution in [2.75, 3.05) is 13.7 Å². The molecule has 0 radical (unpaired) electrons. The molecular weight excluding hydrogens is 546 g/mol. The summed E-state index contributed by atoms with van der Waals surface area (Å²) in [6.07, 6.45) is 1.96. The molecule has 41 heavy (non-hydrogen) atoms. The fraction of sp³-hybridized carbons (Fsp3) is 0.367. The van der Waals surface area contributed by atoms with Gasteiger partial charge < -0.3 is 14.2 Å². The Morgan fingerprint density at radius 2 is 1.90 bits per heavy atom. The van der Waals surface area contributed by atoms with Gasteiger partial charge in [-0.1, -0.05) is 43.4 Å². The number of nitro groups is 1. The highest BCUT2D eigenvalue weighted by Crippen LogP contribution is 2.36. The van der Waals surface area contributed by atoms with E-state index in [1.165, 1.54) is 23.8 Å². The highest BCUT2D eigenvalue weighted by molar-refractivity contribution is 7.07. The number of methoxy groups -OCH3 is 1. The zero-order valence-corrected chi connectivity index (χ0v) is 24.7. The number of carbonyl (C=O) groups excluding carboxylic acids is 1. The van der Waals surface area contributed by atoms with Crippen LogP contribution in [0.4, 0.5) is 5.69 Å². The lowest BCUT2D eigenvalue weighted by atomic mass is 9.95. The lowest BCUT2D eigenvalue weighted by Gasteiger charge is -2.26. The highest BCUT2D eigenvalue weighted by Gasteiger charge is 2.34. The van der Waals surface area contributed by atoms with E-state index in [2.05, 4.69) is 18.8 Å². The van der Waals surface area contributed by atoms with Crippen LogP contribution in [0.25, 0.3) is 6.08 Å². The Hall–Kier alpha value is -4.25. The smallest absolute Gasteiger partial charge is 0.338 e. The molecule has 4 rings (SSSR count).